The van der Waals surface area contributed by atoms with Gasteiger partial charge in [0.05, 0.1) is 6.42 Å². The molecule has 2 aromatic carbocycles. The van der Waals surface area contributed by atoms with E-state index in [-0.39, 0.29) is 6.42 Å². The Morgan fingerprint density at radius 1 is 1.16 bits per heavy atom. The lowest BCUT2D eigenvalue weighted by molar-refractivity contribution is -0.136. The van der Waals surface area contributed by atoms with E-state index in [2.05, 4.69) is 31.9 Å². The van der Waals surface area contributed by atoms with Crippen LogP contribution in [0.2, 0.25) is 0 Å². The highest BCUT2D eigenvalue weighted by Gasteiger charge is 2.12. The van der Waals surface area contributed by atoms with Gasteiger partial charge in [-0.2, -0.15) is 0 Å². The van der Waals surface area contributed by atoms with Crippen LogP contribution in [0.25, 0.3) is 11.1 Å². The number of carbonyl (C=O) groups is 1. The first-order valence-electron chi connectivity index (χ1n) is 5.53. The lowest BCUT2D eigenvalue weighted by Gasteiger charge is -2.12. The first-order chi connectivity index (χ1) is 8.97. The molecule has 3 nitrogen and oxygen atoms in total. The molecule has 0 aliphatic rings. The molecule has 2 rings (SSSR count). The predicted molar refractivity (Wildman–Crippen MR) is 83.0 cm³/mol. The number of rotatable bonds is 3. The van der Waals surface area contributed by atoms with E-state index in [0.717, 1.165) is 20.1 Å². The average molecular weight is 385 g/mol. The fraction of sp³-hybridized carbons (Fsp3) is 0.0714. The largest absolute Gasteiger partial charge is 0.481 e. The molecule has 0 aliphatic heterocycles. The number of halogens is 2. The molecule has 0 saturated carbocycles. The molecule has 3 N–H and O–H groups in total. The number of aliphatic carboxylic acids is 1. The van der Waals surface area contributed by atoms with Crippen molar-refractivity contribution in [1.82, 2.24) is 0 Å². The van der Waals surface area contributed by atoms with Crippen LogP contribution in [-0.4, -0.2) is 11.1 Å². The van der Waals surface area contributed by atoms with Crippen LogP contribution in [0.4, 0.5) is 5.69 Å². The molecule has 0 bridgehead atoms. The summed E-state index contributed by atoms with van der Waals surface area (Å²) in [6.07, 6.45) is -0.0511. The fourth-order valence-electron chi connectivity index (χ4n) is 1.98. The van der Waals surface area contributed by atoms with Gasteiger partial charge in [0.15, 0.2) is 0 Å². The third-order valence-corrected chi connectivity index (χ3v) is 3.59. The fourth-order valence-corrected chi connectivity index (χ4v) is 3.27. The van der Waals surface area contributed by atoms with Crippen LogP contribution < -0.4 is 5.73 Å². The van der Waals surface area contributed by atoms with Crippen molar-refractivity contribution in [3.63, 3.8) is 0 Å². The van der Waals surface area contributed by atoms with Crippen LogP contribution in [-0.2, 0) is 11.2 Å². The Kier molecular flexibility index (Phi) is 4.27. The van der Waals surface area contributed by atoms with Crippen molar-refractivity contribution in [2.45, 2.75) is 6.42 Å². The molecule has 0 aliphatic carbocycles. The Balaban J connectivity index is 2.62. The van der Waals surface area contributed by atoms with Gasteiger partial charge in [-0.1, -0.05) is 44.0 Å². The first kappa shape index (κ1) is 14.1. The third kappa shape index (κ3) is 3.36. The van der Waals surface area contributed by atoms with E-state index in [1.165, 1.54) is 0 Å². The van der Waals surface area contributed by atoms with Crippen LogP contribution in [0.5, 0.6) is 0 Å². The zero-order valence-corrected chi connectivity index (χ0v) is 13.0. The molecule has 0 fully saturated rings. The molecule has 0 spiro atoms. The van der Waals surface area contributed by atoms with E-state index in [0.29, 0.717) is 11.3 Å². The normalized spacial score (nSPS) is 10.4. The lowest BCUT2D eigenvalue weighted by atomic mass is 9.96. The molecule has 5 heteroatoms. The van der Waals surface area contributed by atoms with E-state index in [9.17, 15) is 4.79 Å². The highest BCUT2D eigenvalue weighted by molar-refractivity contribution is 9.11. The highest BCUT2D eigenvalue weighted by Crippen LogP contribution is 2.34. The Morgan fingerprint density at radius 2 is 1.79 bits per heavy atom. The van der Waals surface area contributed by atoms with E-state index < -0.39 is 5.97 Å². The van der Waals surface area contributed by atoms with Crippen LogP contribution in [0.3, 0.4) is 0 Å². The van der Waals surface area contributed by atoms with Gasteiger partial charge < -0.3 is 10.8 Å². The number of nitrogens with two attached hydrogens (primary N) is 1. The number of hydrogen-bond donors (Lipinski definition) is 2. The molecule has 19 heavy (non-hydrogen) atoms. The van der Waals surface area contributed by atoms with Crippen molar-refractivity contribution < 1.29 is 9.90 Å². The average Bonchev–Trinajstić information content (AvgIpc) is 2.26. The van der Waals surface area contributed by atoms with Crippen molar-refractivity contribution in [1.29, 1.82) is 0 Å². The second-order valence-electron chi connectivity index (χ2n) is 4.11. The van der Waals surface area contributed by atoms with Gasteiger partial charge in [-0.3, -0.25) is 4.79 Å². The molecule has 2 aromatic rings. The summed E-state index contributed by atoms with van der Waals surface area (Å²) < 4.78 is 1.81. The minimum atomic E-state index is -0.874. The number of hydrogen-bond acceptors (Lipinski definition) is 2. The highest BCUT2D eigenvalue weighted by atomic mass is 79.9. The summed E-state index contributed by atoms with van der Waals surface area (Å²) in [4.78, 5) is 10.9. The summed E-state index contributed by atoms with van der Waals surface area (Å²) >= 11 is 6.85. The van der Waals surface area contributed by atoms with E-state index in [1.807, 2.05) is 18.2 Å². The Bertz CT molecular complexity index is 621. The molecule has 0 aromatic heterocycles. The van der Waals surface area contributed by atoms with Gasteiger partial charge >= 0.3 is 5.97 Å². The third-order valence-electron chi connectivity index (χ3n) is 2.68. The Labute approximate surface area is 127 Å². The van der Waals surface area contributed by atoms with Crippen LogP contribution in [0.15, 0.2) is 45.3 Å². The molecule has 98 valence electrons. The molecular weight excluding hydrogens is 374 g/mol. The molecule has 0 heterocycles. The molecule has 0 amide bonds. The first-order valence-corrected chi connectivity index (χ1v) is 7.11. The van der Waals surface area contributed by atoms with Gasteiger partial charge in [0.2, 0.25) is 0 Å². The second kappa shape index (κ2) is 5.75. The maximum absolute atomic E-state index is 10.9. The summed E-state index contributed by atoms with van der Waals surface area (Å²) in [6, 6.07) is 11.1. The molecule has 0 radical (unpaired) electrons. The molecule has 0 saturated heterocycles. The monoisotopic (exact) mass is 383 g/mol. The Hall–Kier alpha value is -1.33. The summed E-state index contributed by atoms with van der Waals surface area (Å²) in [5.41, 5.74) is 8.94. The number of carboxylic acids is 1. The minimum Gasteiger partial charge on any atom is -0.481 e. The maximum Gasteiger partial charge on any atom is 0.307 e. The SMILES string of the molecule is Nc1cccc(CC(=O)O)c1-c1cc(Br)cc(Br)c1. The summed E-state index contributed by atoms with van der Waals surface area (Å²) in [6.45, 7) is 0. The van der Waals surface area contributed by atoms with Crippen molar-refractivity contribution >= 4 is 43.5 Å². The minimum absolute atomic E-state index is 0.0511. The van der Waals surface area contributed by atoms with Gasteiger partial charge in [0.1, 0.15) is 0 Å². The quantitative estimate of drug-likeness (QED) is 0.783. The smallest absolute Gasteiger partial charge is 0.307 e. The second-order valence-corrected chi connectivity index (χ2v) is 5.94. The van der Waals surface area contributed by atoms with Crippen molar-refractivity contribution in [3.05, 3.63) is 50.9 Å². The molecule has 0 atom stereocenters. The number of nitrogen functional groups attached to an aromatic ring is 1. The van der Waals surface area contributed by atoms with Gasteiger partial charge in [-0.25, -0.2) is 0 Å². The van der Waals surface area contributed by atoms with Crippen LogP contribution in [0, 0.1) is 0 Å². The topological polar surface area (TPSA) is 63.3 Å². The van der Waals surface area contributed by atoms with Crippen LogP contribution in [0.1, 0.15) is 5.56 Å². The van der Waals surface area contributed by atoms with Crippen molar-refractivity contribution in [3.8, 4) is 11.1 Å². The van der Waals surface area contributed by atoms with E-state index in [1.54, 1.807) is 18.2 Å². The van der Waals surface area contributed by atoms with Crippen molar-refractivity contribution in [2.24, 2.45) is 0 Å². The van der Waals surface area contributed by atoms with Gasteiger partial charge in [-0.05, 0) is 35.4 Å². The number of anilines is 1. The van der Waals surface area contributed by atoms with Crippen LogP contribution >= 0.6 is 31.9 Å². The predicted octanol–water partition coefficient (Wildman–Crippen LogP) is 4.09. The lowest BCUT2D eigenvalue weighted by Crippen LogP contribution is -2.03. The molecular formula is C14H11Br2NO2. The molecule has 0 unspecified atom stereocenters. The van der Waals surface area contributed by atoms with Crippen molar-refractivity contribution in [2.75, 3.05) is 5.73 Å². The summed E-state index contributed by atoms with van der Waals surface area (Å²) in [5.74, 6) is -0.874. The Morgan fingerprint density at radius 3 is 2.37 bits per heavy atom. The van der Waals surface area contributed by atoms with E-state index in [4.69, 9.17) is 10.8 Å². The van der Waals surface area contributed by atoms with Gasteiger partial charge in [-0.15, -0.1) is 0 Å². The van der Waals surface area contributed by atoms with Gasteiger partial charge in [0, 0.05) is 20.2 Å². The maximum atomic E-state index is 10.9. The van der Waals surface area contributed by atoms with E-state index >= 15 is 0 Å². The number of carboxylic acid groups (broad SMARTS) is 1. The summed E-state index contributed by atoms with van der Waals surface area (Å²) in [7, 11) is 0. The zero-order valence-electron chi connectivity index (χ0n) is 9.86. The zero-order chi connectivity index (χ0) is 14.0. The summed E-state index contributed by atoms with van der Waals surface area (Å²) in [5, 5.41) is 8.98. The number of benzene rings is 2. The van der Waals surface area contributed by atoms with Gasteiger partial charge in [0.25, 0.3) is 0 Å². The standard InChI is InChI=1S/C14H11Br2NO2/c15-10-4-9(5-11(16)7-10)14-8(6-13(18)19)2-1-3-12(14)17/h1-5,7H,6,17H2,(H,18,19).